The Morgan fingerprint density at radius 2 is 2.47 bits per heavy atom. The maximum absolute atomic E-state index is 4.29. The Kier molecular flexibility index (Phi) is 3.25. The molecule has 1 aromatic heterocycles. The number of nitrogens with zero attached hydrogens (tertiary/aromatic N) is 1. The summed E-state index contributed by atoms with van der Waals surface area (Å²) >= 11 is 1.70. The van der Waals surface area contributed by atoms with Crippen molar-refractivity contribution in [2.45, 2.75) is 12.8 Å². The van der Waals surface area contributed by atoms with E-state index in [2.05, 4.69) is 33.8 Å². The molecule has 1 aromatic carbocycles. The minimum absolute atomic E-state index is 0.765. The Morgan fingerprint density at radius 3 is 3.35 bits per heavy atom. The molecule has 1 atom stereocenters. The lowest BCUT2D eigenvalue weighted by molar-refractivity contribution is 0.393. The molecule has 1 unspecified atom stereocenters. The van der Waals surface area contributed by atoms with Crippen LogP contribution in [0.3, 0.4) is 0 Å². The molecule has 90 valence electrons. The largest absolute Gasteiger partial charge is 0.385 e. The van der Waals surface area contributed by atoms with Crippen LogP contribution in [0.1, 0.15) is 12.8 Å². The van der Waals surface area contributed by atoms with Crippen LogP contribution < -0.4 is 10.6 Å². The van der Waals surface area contributed by atoms with Crippen LogP contribution in [0.2, 0.25) is 0 Å². The van der Waals surface area contributed by atoms with E-state index in [1.807, 2.05) is 5.51 Å². The van der Waals surface area contributed by atoms with E-state index in [-0.39, 0.29) is 0 Å². The molecule has 17 heavy (non-hydrogen) atoms. The third-order valence-corrected chi connectivity index (χ3v) is 4.12. The van der Waals surface area contributed by atoms with Gasteiger partial charge in [-0.2, -0.15) is 0 Å². The van der Waals surface area contributed by atoms with Crippen LogP contribution in [0.5, 0.6) is 0 Å². The van der Waals surface area contributed by atoms with E-state index in [9.17, 15) is 0 Å². The molecule has 0 saturated carbocycles. The lowest BCUT2D eigenvalue weighted by atomic mass is 10.00. The molecule has 0 aliphatic carbocycles. The quantitative estimate of drug-likeness (QED) is 0.875. The highest BCUT2D eigenvalue weighted by Crippen LogP contribution is 2.22. The minimum Gasteiger partial charge on any atom is -0.385 e. The molecule has 3 rings (SSSR count). The second-order valence-electron chi connectivity index (χ2n) is 4.63. The summed E-state index contributed by atoms with van der Waals surface area (Å²) in [5.41, 5.74) is 4.21. The van der Waals surface area contributed by atoms with E-state index in [0.29, 0.717) is 0 Å². The first-order chi connectivity index (χ1) is 8.42. The molecule has 0 amide bonds. The lowest BCUT2D eigenvalue weighted by Crippen LogP contribution is -2.33. The Bertz CT molecular complexity index is 488. The first-order valence-corrected chi connectivity index (χ1v) is 7.07. The van der Waals surface area contributed by atoms with Crippen molar-refractivity contribution in [3.8, 4) is 0 Å². The molecule has 0 spiro atoms. The maximum atomic E-state index is 4.29. The number of benzene rings is 1. The summed E-state index contributed by atoms with van der Waals surface area (Å²) in [4.78, 5) is 4.29. The number of piperidine rings is 1. The van der Waals surface area contributed by atoms with Gasteiger partial charge in [-0.05, 0) is 50.0 Å². The summed E-state index contributed by atoms with van der Waals surface area (Å²) < 4.78 is 1.26. The molecular weight excluding hydrogens is 230 g/mol. The van der Waals surface area contributed by atoms with Crippen molar-refractivity contribution >= 4 is 27.2 Å². The summed E-state index contributed by atoms with van der Waals surface area (Å²) in [5.74, 6) is 0.765. The first kappa shape index (κ1) is 11.0. The highest BCUT2D eigenvalue weighted by atomic mass is 32.1. The monoisotopic (exact) mass is 247 g/mol. The van der Waals surface area contributed by atoms with E-state index in [4.69, 9.17) is 0 Å². The van der Waals surface area contributed by atoms with Crippen molar-refractivity contribution < 1.29 is 0 Å². The van der Waals surface area contributed by atoms with Crippen molar-refractivity contribution in [1.82, 2.24) is 10.3 Å². The van der Waals surface area contributed by atoms with Crippen molar-refractivity contribution in [3.05, 3.63) is 23.7 Å². The molecule has 1 aliphatic heterocycles. The number of thiazole rings is 1. The van der Waals surface area contributed by atoms with Crippen molar-refractivity contribution in [1.29, 1.82) is 0 Å². The van der Waals surface area contributed by atoms with E-state index < -0.39 is 0 Å². The van der Waals surface area contributed by atoms with Gasteiger partial charge in [0.2, 0.25) is 0 Å². The van der Waals surface area contributed by atoms with Crippen LogP contribution >= 0.6 is 11.3 Å². The van der Waals surface area contributed by atoms with Gasteiger partial charge in [0.1, 0.15) is 0 Å². The smallest absolute Gasteiger partial charge is 0.0813 e. The van der Waals surface area contributed by atoms with Crippen LogP contribution in [-0.2, 0) is 0 Å². The molecule has 1 aliphatic rings. The predicted octanol–water partition coefficient (Wildman–Crippen LogP) is 2.71. The molecule has 2 heterocycles. The van der Waals surface area contributed by atoms with Gasteiger partial charge in [0.05, 0.1) is 15.7 Å². The van der Waals surface area contributed by atoms with E-state index >= 15 is 0 Å². The summed E-state index contributed by atoms with van der Waals surface area (Å²) in [6, 6.07) is 6.41. The standard InChI is InChI=1S/C13H17N3S/c1-2-10(7-14-5-1)8-15-11-3-4-12-13(6-11)17-9-16-12/h3-4,6,9-10,14-15H,1-2,5,7-8H2. The molecule has 4 heteroatoms. The number of hydrogen-bond acceptors (Lipinski definition) is 4. The summed E-state index contributed by atoms with van der Waals surface area (Å²) in [6.45, 7) is 3.40. The van der Waals surface area contributed by atoms with Crippen LogP contribution in [0.25, 0.3) is 10.2 Å². The third-order valence-electron chi connectivity index (χ3n) is 3.33. The van der Waals surface area contributed by atoms with Crippen LogP contribution in [0.15, 0.2) is 23.7 Å². The van der Waals surface area contributed by atoms with Gasteiger partial charge in [0, 0.05) is 12.2 Å². The SMILES string of the molecule is c1nc2ccc(NCC3CCCNC3)cc2s1. The Balaban J connectivity index is 1.63. The molecule has 0 bridgehead atoms. The number of nitrogens with one attached hydrogen (secondary N) is 2. The van der Waals surface area contributed by atoms with Gasteiger partial charge in [-0.3, -0.25) is 0 Å². The van der Waals surface area contributed by atoms with Crippen LogP contribution in [-0.4, -0.2) is 24.6 Å². The Morgan fingerprint density at radius 1 is 1.47 bits per heavy atom. The molecular formula is C13H17N3S. The number of hydrogen-bond donors (Lipinski definition) is 2. The second kappa shape index (κ2) is 5.02. The van der Waals surface area contributed by atoms with Gasteiger partial charge in [-0.25, -0.2) is 4.98 Å². The third kappa shape index (κ3) is 2.58. The van der Waals surface area contributed by atoms with Crippen LogP contribution in [0, 0.1) is 5.92 Å². The fourth-order valence-electron chi connectivity index (χ4n) is 2.33. The van der Waals surface area contributed by atoms with Gasteiger partial charge in [0.25, 0.3) is 0 Å². The highest BCUT2D eigenvalue weighted by molar-refractivity contribution is 7.16. The fourth-order valence-corrected chi connectivity index (χ4v) is 3.04. The normalized spacial score (nSPS) is 20.6. The van der Waals surface area contributed by atoms with Gasteiger partial charge in [-0.15, -0.1) is 11.3 Å². The van der Waals surface area contributed by atoms with Crippen molar-refractivity contribution in [2.24, 2.45) is 5.92 Å². The Labute approximate surface area is 105 Å². The minimum atomic E-state index is 0.765. The zero-order valence-corrected chi connectivity index (χ0v) is 10.6. The van der Waals surface area contributed by atoms with Gasteiger partial charge < -0.3 is 10.6 Å². The van der Waals surface area contributed by atoms with Gasteiger partial charge >= 0.3 is 0 Å². The molecule has 1 saturated heterocycles. The molecule has 2 aromatic rings. The number of aromatic nitrogens is 1. The first-order valence-electron chi connectivity index (χ1n) is 6.20. The molecule has 0 radical (unpaired) electrons. The van der Waals surface area contributed by atoms with E-state index in [1.165, 1.54) is 29.8 Å². The number of rotatable bonds is 3. The van der Waals surface area contributed by atoms with Gasteiger partial charge in [-0.1, -0.05) is 0 Å². The van der Waals surface area contributed by atoms with E-state index in [0.717, 1.165) is 24.5 Å². The van der Waals surface area contributed by atoms with Crippen molar-refractivity contribution in [2.75, 3.05) is 25.0 Å². The number of anilines is 1. The summed E-state index contributed by atoms with van der Waals surface area (Å²) in [7, 11) is 0. The van der Waals surface area contributed by atoms with Crippen molar-refractivity contribution in [3.63, 3.8) is 0 Å². The second-order valence-corrected chi connectivity index (χ2v) is 5.51. The summed E-state index contributed by atoms with van der Waals surface area (Å²) in [6.07, 6.45) is 2.64. The fraction of sp³-hybridized carbons (Fsp3) is 0.462. The Hall–Kier alpha value is -1.13. The predicted molar refractivity (Wildman–Crippen MR) is 73.7 cm³/mol. The van der Waals surface area contributed by atoms with E-state index in [1.54, 1.807) is 11.3 Å². The average Bonchev–Trinajstić information content (AvgIpc) is 2.85. The summed E-state index contributed by atoms with van der Waals surface area (Å²) in [5, 5.41) is 6.98. The zero-order valence-electron chi connectivity index (χ0n) is 9.78. The molecule has 3 nitrogen and oxygen atoms in total. The lowest BCUT2D eigenvalue weighted by Gasteiger charge is -2.23. The highest BCUT2D eigenvalue weighted by Gasteiger charge is 2.12. The maximum Gasteiger partial charge on any atom is 0.0813 e. The van der Waals surface area contributed by atoms with Gasteiger partial charge in [0.15, 0.2) is 0 Å². The topological polar surface area (TPSA) is 37.0 Å². The van der Waals surface area contributed by atoms with Crippen LogP contribution in [0.4, 0.5) is 5.69 Å². The zero-order chi connectivity index (χ0) is 11.5. The molecule has 1 fully saturated rings. The average molecular weight is 247 g/mol. The molecule has 2 N–H and O–H groups in total. The number of fused-ring (bicyclic) bond motifs is 1.